The second kappa shape index (κ2) is 11.1. The lowest BCUT2D eigenvalue weighted by Crippen LogP contribution is -2.65. The van der Waals surface area contributed by atoms with E-state index in [-0.39, 0.29) is 60.5 Å². The molecule has 0 unspecified atom stereocenters. The van der Waals surface area contributed by atoms with Crippen molar-refractivity contribution >= 4 is 28.4 Å². The van der Waals surface area contributed by atoms with Gasteiger partial charge in [0.25, 0.3) is 0 Å². The molecule has 46 heavy (non-hydrogen) atoms. The van der Waals surface area contributed by atoms with E-state index in [1.165, 1.54) is 0 Å². The first-order chi connectivity index (χ1) is 21.6. The van der Waals surface area contributed by atoms with Crippen molar-refractivity contribution in [3.05, 3.63) is 23.3 Å². The van der Waals surface area contributed by atoms with E-state index in [0.717, 1.165) is 11.1 Å². The zero-order valence-electron chi connectivity index (χ0n) is 30.2. The van der Waals surface area contributed by atoms with Crippen LogP contribution in [0.25, 0.3) is 0 Å². The fourth-order valence-electron chi connectivity index (χ4n) is 11.5. The molecule has 0 aromatic carbocycles. The van der Waals surface area contributed by atoms with E-state index in [4.69, 9.17) is 18.3 Å². The Labute approximate surface area is 278 Å². The van der Waals surface area contributed by atoms with Crippen LogP contribution in [-0.2, 0) is 27.9 Å². The number of piperazine rings is 1. The summed E-state index contributed by atoms with van der Waals surface area (Å²) in [6.07, 6.45) is 5.16. The number of hydrogen-bond acceptors (Lipinski definition) is 6. The van der Waals surface area contributed by atoms with Gasteiger partial charge < -0.3 is 28.1 Å². The van der Waals surface area contributed by atoms with Crippen LogP contribution in [0.5, 0.6) is 0 Å². The average Bonchev–Trinajstić information content (AvgIpc) is 3.87. The highest BCUT2D eigenvalue weighted by Gasteiger charge is 2.69. The molecule has 5 saturated heterocycles. The molecule has 0 aromatic heterocycles. The minimum absolute atomic E-state index is 0.0451. The van der Waals surface area contributed by atoms with E-state index in [1.54, 1.807) is 0 Å². The van der Waals surface area contributed by atoms with Gasteiger partial charge in [0.05, 0.1) is 24.3 Å². The third-order valence-electron chi connectivity index (χ3n) is 13.2. The molecule has 0 saturated carbocycles. The molecule has 8 nitrogen and oxygen atoms in total. The molecule has 256 valence electrons. The Morgan fingerprint density at radius 1 is 0.565 bits per heavy atom. The van der Waals surface area contributed by atoms with Crippen molar-refractivity contribution < 1.29 is 27.9 Å². The lowest BCUT2D eigenvalue weighted by Gasteiger charge is -2.45. The average molecular weight is 671 g/mol. The number of ether oxygens (including phenoxy) is 2. The molecule has 2 amide bonds. The van der Waals surface area contributed by atoms with E-state index in [0.29, 0.717) is 46.1 Å². The first kappa shape index (κ1) is 33.2. The molecule has 10 heteroatoms. The molecule has 0 bridgehead atoms. The smallest absolute Gasteiger partial charge is 0.247 e. The van der Waals surface area contributed by atoms with Crippen LogP contribution in [0.2, 0.25) is 33.2 Å². The summed E-state index contributed by atoms with van der Waals surface area (Å²) in [7, 11) is -4.26. The van der Waals surface area contributed by atoms with Gasteiger partial charge in [0, 0.05) is 12.8 Å². The molecule has 5 heterocycles. The maximum Gasteiger partial charge on any atom is 0.247 e. The zero-order chi connectivity index (χ0) is 33.4. The molecule has 0 aromatic rings. The highest BCUT2D eigenvalue weighted by atomic mass is 28.4. The molecule has 5 fully saturated rings. The van der Waals surface area contributed by atoms with Gasteiger partial charge in [0.15, 0.2) is 0 Å². The van der Waals surface area contributed by atoms with Gasteiger partial charge in [-0.15, -0.1) is 0 Å². The van der Waals surface area contributed by atoms with Gasteiger partial charge >= 0.3 is 0 Å². The Morgan fingerprint density at radius 2 is 0.870 bits per heavy atom. The summed E-state index contributed by atoms with van der Waals surface area (Å²) in [6.45, 7) is 27.7. The Hall–Kier alpha value is -1.31. The van der Waals surface area contributed by atoms with Crippen molar-refractivity contribution in [2.45, 2.75) is 190 Å². The first-order valence-corrected chi connectivity index (χ1v) is 22.6. The van der Waals surface area contributed by atoms with Gasteiger partial charge in [0.1, 0.15) is 36.5 Å². The lowest BCUT2D eigenvalue weighted by molar-refractivity contribution is -0.161. The fraction of sp³-hybridized carbons (Fsp3) is 0.833. The van der Waals surface area contributed by atoms with E-state index in [9.17, 15) is 9.59 Å². The second-order valence-electron chi connectivity index (χ2n) is 17.2. The first-order valence-electron chi connectivity index (χ1n) is 18.3. The molecule has 0 spiro atoms. The second-order valence-corrected chi connectivity index (χ2v) is 28.0. The Morgan fingerprint density at radius 3 is 1.15 bits per heavy atom. The summed E-state index contributed by atoms with van der Waals surface area (Å²) >= 11 is 0. The van der Waals surface area contributed by atoms with Gasteiger partial charge in [-0.05, 0) is 44.4 Å². The minimum Gasteiger partial charge on any atom is -0.407 e. The number of carbonyl (C=O) groups excluding carboxylic acids is 2. The molecule has 0 radical (unpaired) electrons. The quantitative estimate of drug-likeness (QED) is 0.150. The summed E-state index contributed by atoms with van der Waals surface area (Å²) in [5.41, 5.74) is 5.15. The van der Waals surface area contributed by atoms with Gasteiger partial charge in [0.2, 0.25) is 28.4 Å². The molecule has 7 rings (SSSR count). The normalized spacial score (nSPS) is 38.0. The fourth-order valence-corrected chi connectivity index (χ4v) is 22.4. The van der Waals surface area contributed by atoms with Crippen LogP contribution in [0.4, 0.5) is 0 Å². The molecule has 0 N–H and O–H groups in total. The molecular formula is C36H58N2O6Si2. The number of carbonyl (C=O) groups is 2. The van der Waals surface area contributed by atoms with Crippen molar-refractivity contribution in [3.63, 3.8) is 0 Å². The van der Waals surface area contributed by atoms with Crippen molar-refractivity contribution in [2.75, 3.05) is 0 Å². The predicted octanol–water partition coefficient (Wildman–Crippen LogP) is 6.48. The summed E-state index contributed by atoms with van der Waals surface area (Å²) in [5, 5.41) is 0. The van der Waals surface area contributed by atoms with Gasteiger partial charge in [-0.1, -0.05) is 95.2 Å². The Bertz CT molecular complexity index is 1200. The van der Waals surface area contributed by atoms with Crippen LogP contribution >= 0.6 is 0 Å². The molecular weight excluding hydrogens is 613 g/mol. The minimum atomic E-state index is -2.13. The summed E-state index contributed by atoms with van der Waals surface area (Å²) in [4.78, 5) is 32.6. The summed E-state index contributed by atoms with van der Waals surface area (Å²) in [6, 6.07) is -1.26. The van der Waals surface area contributed by atoms with Gasteiger partial charge in [-0.25, -0.2) is 0 Å². The third kappa shape index (κ3) is 4.48. The standard InChI is InChI=1S/C36H58N2O6Si2/c1-17(2)45(18(3)4,19(5)6)43-27-15-23-13-25-35(39)38-26(36(40)37(25)29(23)33-31(27)41-33)14-24-16-28(32-34(42-32)30(24)38)44-46(20(7)8,21(9)10)22(11)12/h15-22,25-34H,13-14H2,1-12H3/t25-,26-,27+,28+,29+,30+,31+,32+,33-,34-/m1/s1. The number of hydrogen-bond donors (Lipinski definition) is 0. The highest BCUT2D eigenvalue weighted by Crippen LogP contribution is 2.55. The Balaban J connectivity index is 1.14. The number of fused-ring (bicyclic) bond motifs is 10. The lowest BCUT2D eigenvalue weighted by atomic mass is 9.91. The molecule has 5 aliphatic heterocycles. The van der Waals surface area contributed by atoms with Crippen molar-refractivity contribution in [1.29, 1.82) is 0 Å². The topological polar surface area (TPSA) is 84.1 Å². The predicted molar refractivity (Wildman–Crippen MR) is 183 cm³/mol. The summed E-state index contributed by atoms with van der Waals surface area (Å²) < 4.78 is 27.1. The molecule has 10 atom stereocenters. The van der Waals surface area contributed by atoms with Crippen molar-refractivity contribution in [1.82, 2.24) is 9.80 Å². The van der Waals surface area contributed by atoms with Crippen LogP contribution in [0, 0.1) is 0 Å². The van der Waals surface area contributed by atoms with E-state index < -0.39 is 28.7 Å². The van der Waals surface area contributed by atoms with Crippen LogP contribution in [0.3, 0.4) is 0 Å². The Kier molecular flexibility index (Phi) is 8.01. The number of rotatable bonds is 10. The van der Waals surface area contributed by atoms with Crippen LogP contribution in [0.15, 0.2) is 23.3 Å². The largest absolute Gasteiger partial charge is 0.407 e. The molecule has 7 aliphatic rings. The van der Waals surface area contributed by atoms with Crippen LogP contribution in [0.1, 0.15) is 95.9 Å². The van der Waals surface area contributed by atoms with E-state index >= 15 is 0 Å². The zero-order valence-corrected chi connectivity index (χ0v) is 32.2. The summed E-state index contributed by atoms with van der Waals surface area (Å²) in [5.74, 6) is 0.143. The van der Waals surface area contributed by atoms with Crippen LogP contribution in [-0.4, -0.2) is 99.0 Å². The van der Waals surface area contributed by atoms with Gasteiger partial charge in [-0.3, -0.25) is 9.59 Å². The van der Waals surface area contributed by atoms with Gasteiger partial charge in [-0.2, -0.15) is 0 Å². The highest BCUT2D eigenvalue weighted by molar-refractivity contribution is 6.78. The third-order valence-corrected chi connectivity index (χ3v) is 25.4. The maximum absolute atomic E-state index is 14.4. The van der Waals surface area contributed by atoms with E-state index in [2.05, 4.69) is 95.2 Å². The maximum atomic E-state index is 14.4. The van der Waals surface area contributed by atoms with Crippen LogP contribution < -0.4 is 0 Å². The molecule has 2 aliphatic carbocycles. The van der Waals surface area contributed by atoms with E-state index in [1.807, 2.05) is 9.80 Å². The monoisotopic (exact) mass is 670 g/mol. The SMILES string of the molecule is CC(C)[Si](O[C@H]1C=C2C[C@@H]3C(=O)N4[C@H](CC5=C[C@H](O[Si](C(C)C)(C(C)C)C(C)C)[C@@H]6O[C@@H]6[C@H]54)C(=O)N3[C@@H]2[C@H]2O[C@H]21)(C(C)C)C(C)C. The number of nitrogens with zero attached hydrogens (tertiary/aromatic N) is 2. The number of amides is 2. The van der Waals surface area contributed by atoms with Crippen molar-refractivity contribution in [2.24, 2.45) is 0 Å². The van der Waals surface area contributed by atoms with Crippen molar-refractivity contribution in [3.8, 4) is 0 Å². The number of epoxide rings is 2.